The van der Waals surface area contributed by atoms with Gasteiger partial charge in [-0.25, -0.2) is 0 Å². The predicted molar refractivity (Wildman–Crippen MR) is 44.6 cm³/mol. The molecule has 0 aromatic carbocycles. The fourth-order valence-corrected chi connectivity index (χ4v) is 1.06. The molecular weight excluding hydrogens is 287 g/mol. The topological polar surface area (TPSA) is 0 Å². The molecule has 0 aromatic rings. The van der Waals surface area contributed by atoms with Crippen LogP contribution in [-0.4, -0.2) is 9.23 Å². The standard InChI is InChI=1S/C4H10Br2Se/c1-3-7(5,6)4-2/h3-4H2,1-2H3. The van der Waals surface area contributed by atoms with Crippen LogP contribution >= 0.6 is 28.2 Å². The summed E-state index contributed by atoms with van der Waals surface area (Å²) < 4.78 is 0. The van der Waals surface area contributed by atoms with E-state index in [1.807, 2.05) is 0 Å². The first kappa shape index (κ1) is 8.48. The van der Waals surface area contributed by atoms with Gasteiger partial charge in [0.25, 0.3) is 0 Å². The first-order valence-corrected chi connectivity index (χ1v) is 12.7. The Kier molecular flexibility index (Phi) is 4.23. The molecule has 0 atom stereocenters. The van der Waals surface area contributed by atoms with Crippen molar-refractivity contribution < 1.29 is 0 Å². The normalized spacial score (nSPS) is 14.3. The van der Waals surface area contributed by atoms with E-state index >= 15 is 0 Å². The quantitative estimate of drug-likeness (QED) is 0.686. The molecule has 0 radical (unpaired) electrons. The van der Waals surface area contributed by atoms with Gasteiger partial charge in [-0.2, -0.15) is 0 Å². The molecule has 0 fully saturated rings. The SMILES string of the molecule is CC[Se](Br)(Br)CC. The average Bonchev–Trinajstić information content (AvgIpc) is 1.68. The number of hydrogen-bond donors (Lipinski definition) is 0. The zero-order valence-electron chi connectivity index (χ0n) is 4.58. The molecule has 0 aliphatic carbocycles. The Morgan fingerprint density at radius 1 is 1.14 bits per heavy atom. The van der Waals surface area contributed by atoms with Crippen LogP contribution in [0.3, 0.4) is 0 Å². The van der Waals surface area contributed by atoms with Crippen LogP contribution in [-0.2, 0) is 0 Å². The second kappa shape index (κ2) is 3.49. The van der Waals surface area contributed by atoms with Crippen LogP contribution in [0.2, 0.25) is 10.6 Å². The molecule has 0 rings (SSSR count). The van der Waals surface area contributed by atoms with Crippen molar-refractivity contribution in [3.8, 4) is 0 Å². The van der Waals surface area contributed by atoms with Gasteiger partial charge in [0.2, 0.25) is 0 Å². The van der Waals surface area contributed by atoms with Gasteiger partial charge >= 0.3 is 61.9 Å². The van der Waals surface area contributed by atoms with E-state index in [2.05, 4.69) is 42.1 Å². The molecule has 0 aromatic heterocycles. The van der Waals surface area contributed by atoms with Crippen molar-refractivity contribution in [2.45, 2.75) is 24.5 Å². The maximum atomic E-state index is 3.65. The maximum absolute atomic E-state index is 3.65. The van der Waals surface area contributed by atoms with E-state index in [1.165, 1.54) is 10.6 Å². The van der Waals surface area contributed by atoms with E-state index in [4.69, 9.17) is 0 Å². The van der Waals surface area contributed by atoms with Crippen LogP contribution in [0.15, 0.2) is 0 Å². The molecule has 0 aliphatic rings. The molecule has 0 saturated carbocycles. The van der Waals surface area contributed by atoms with Crippen LogP contribution in [0.5, 0.6) is 0 Å². The summed E-state index contributed by atoms with van der Waals surface area (Å²) in [5.41, 5.74) is 0. The van der Waals surface area contributed by atoms with Gasteiger partial charge in [-0.1, -0.05) is 0 Å². The Hall–Kier alpha value is 1.48. The van der Waals surface area contributed by atoms with Gasteiger partial charge in [-0.15, -0.1) is 0 Å². The molecular formula is C4H10Br2Se. The van der Waals surface area contributed by atoms with Gasteiger partial charge in [0.05, 0.1) is 0 Å². The van der Waals surface area contributed by atoms with Crippen LogP contribution in [0.4, 0.5) is 0 Å². The Morgan fingerprint density at radius 3 is 1.43 bits per heavy atom. The van der Waals surface area contributed by atoms with Gasteiger partial charge in [-0.05, 0) is 0 Å². The van der Waals surface area contributed by atoms with Gasteiger partial charge in [0.1, 0.15) is 0 Å². The Bertz CT molecular complexity index is 47.7. The van der Waals surface area contributed by atoms with Crippen molar-refractivity contribution in [1.29, 1.82) is 0 Å². The number of hydrogen-bond acceptors (Lipinski definition) is 0. The van der Waals surface area contributed by atoms with E-state index in [0.29, 0.717) is 0 Å². The third kappa shape index (κ3) is 4.01. The molecule has 0 unspecified atom stereocenters. The Labute approximate surface area is 61.7 Å². The molecule has 7 heavy (non-hydrogen) atoms. The summed E-state index contributed by atoms with van der Waals surface area (Å²) in [6, 6.07) is 0. The second-order valence-electron chi connectivity index (χ2n) is 1.28. The fourth-order valence-electron chi connectivity index (χ4n) is 0.204. The fraction of sp³-hybridized carbons (Fsp3) is 1.00. The molecule has 3 heteroatoms. The molecule has 0 amide bonds. The van der Waals surface area contributed by atoms with Crippen molar-refractivity contribution in [3.63, 3.8) is 0 Å². The molecule has 46 valence electrons. The van der Waals surface area contributed by atoms with E-state index < -0.39 is 9.23 Å². The van der Waals surface area contributed by atoms with E-state index in [9.17, 15) is 0 Å². The molecule has 0 aliphatic heterocycles. The average molecular weight is 297 g/mol. The first-order chi connectivity index (χ1) is 3.12. The summed E-state index contributed by atoms with van der Waals surface area (Å²) in [6.07, 6.45) is 0. The van der Waals surface area contributed by atoms with E-state index in [0.717, 1.165) is 0 Å². The minimum absolute atomic E-state index is 1.18. The summed E-state index contributed by atoms with van der Waals surface area (Å²) >= 11 is 7.31. The zero-order chi connectivity index (χ0) is 5.91. The number of halogens is 2. The molecule has 0 saturated heterocycles. The Morgan fingerprint density at radius 2 is 1.43 bits per heavy atom. The van der Waals surface area contributed by atoms with Crippen LogP contribution in [0.1, 0.15) is 13.8 Å². The summed E-state index contributed by atoms with van der Waals surface area (Å²) in [5.74, 6) is 0. The molecule has 0 heterocycles. The van der Waals surface area contributed by atoms with E-state index in [-0.39, 0.29) is 0 Å². The zero-order valence-corrected chi connectivity index (χ0v) is 9.46. The molecule has 0 N–H and O–H groups in total. The van der Waals surface area contributed by atoms with Crippen molar-refractivity contribution in [2.75, 3.05) is 0 Å². The van der Waals surface area contributed by atoms with Gasteiger partial charge < -0.3 is 0 Å². The third-order valence-corrected chi connectivity index (χ3v) is 13.9. The van der Waals surface area contributed by atoms with Crippen molar-refractivity contribution in [3.05, 3.63) is 0 Å². The van der Waals surface area contributed by atoms with Crippen molar-refractivity contribution in [1.82, 2.24) is 0 Å². The van der Waals surface area contributed by atoms with Crippen LogP contribution in [0, 0.1) is 0 Å². The molecule has 0 spiro atoms. The number of rotatable bonds is 2. The monoisotopic (exact) mass is 296 g/mol. The summed E-state index contributed by atoms with van der Waals surface area (Å²) in [5, 5.41) is 2.57. The van der Waals surface area contributed by atoms with Crippen LogP contribution < -0.4 is 0 Å². The molecule has 0 nitrogen and oxygen atoms in total. The summed E-state index contributed by atoms with van der Waals surface area (Å²) in [7, 11) is -1.18. The van der Waals surface area contributed by atoms with Crippen molar-refractivity contribution in [2.24, 2.45) is 0 Å². The van der Waals surface area contributed by atoms with Gasteiger partial charge in [0, 0.05) is 0 Å². The summed E-state index contributed by atoms with van der Waals surface area (Å²) in [6.45, 7) is 4.43. The van der Waals surface area contributed by atoms with Crippen LogP contribution in [0.25, 0.3) is 0 Å². The molecule has 0 bridgehead atoms. The van der Waals surface area contributed by atoms with Crippen molar-refractivity contribution >= 4 is 37.4 Å². The second-order valence-corrected chi connectivity index (χ2v) is 24.0. The third-order valence-electron chi connectivity index (χ3n) is 0.845. The van der Waals surface area contributed by atoms with E-state index in [1.54, 1.807) is 0 Å². The predicted octanol–water partition coefficient (Wildman–Crippen LogP) is 3.26. The van der Waals surface area contributed by atoms with Gasteiger partial charge in [0.15, 0.2) is 0 Å². The Balaban J connectivity index is 3.36. The minimum atomic E-state index is -1.18. The van der Waals surface area contributed by atoms with Gasteiger partial charge in [-0.3, -0.25) is 0 Å². The summed E-state index contributed by atoms with van der Waals surface area (Å²) in [4.78, 5) is 0. The first-order valence-electron chi connectivity index (χ1n) is 2.30.